The third kappa shape index (κ3) is 6.45. The Morgan fingerprint density at radius 3 is 2.32 bits per heavy atom. The van der Waals surface area contributed by atoms with Crippen LogP contribution in [-0.2, 0) is 10.3 Å². The van der Waals surface area contributed by atoms with Crippen molar-refractivity contribution in [3.05, 3.63) is 64.7 Å². The summed E-state index contributed by atoms with van der Waals surface area (Å²) in [6.07, 6.45) is 3.67. The molecule has 2 atom stereocenters. The number of hydrogen-bond donors (Lipinski definition) is 1. The molecule has 0 spiro atoms. The largest absolute Gasteiger partial charge is 0.494 e. The highest BCUT2D eigenvalue weighted by atomic mass is 35.5. The predicted octanol–water partition coefficient (Wildman–Crippen LogP) is 5.62. The summed E-state index contributed by atoms with van der Waals surface area (Å²) in [5.41, 5.74) is 1.07. The molecule has 0 aliphatic carbocycles. The fourth-order valence-corrected chi connectivity index (χ4v) is 4.42. The minimum absolute atomic E-state index is 0.0724. The van der Waals surface area contributed by atoms with Crippen LogP contribution in [0.4, 0.5) is 0 Å². The smallest absolute Gasteiger partial charge is 0.119 e. The summed E-state index contributed by atoms with van der Waals surface area (Å²) >= 11 is 6.18. The molecule has 5 heteroatoms. The van der Waals surface area contributed by atoms with Gasteiger partial charge in [-0.25, -0.2) is 0 Å². The number of morpholine rings is 1. The van der Waals surface area contributed by atoms with Crippen molar-refractivity contribution < 1.29 is 14.6 Å². The van der Waals surface area contributed by atoms with E-state index in [4.69, 9.17) is 21.1 Å². The molecule has 0 amide bonds. The fourth-order valence-electron chi connectivity index (χ4n) is 4.29. The Morgan fingerprint density at radius 2 is 1.71 bits per heavy atom. The Labute approximate surface area is 192 Å². The van der Waals surface area contributed by atoms with E-state index < -0.39 is 5.60 Å². The Kier molecular flexibility index (Phi) is 9.21. The highest BCUT2D eigenvalue weighted by Crippen LogP contribution is 2.42. The first kappa shape index (κ1) is 24.1. The van der Waals surface area contributed by atoms with Gasteiger partial charge in [-0.05, 0) is 48.2 Å². The Hall–Kier alpha value is -1.59. The van der Waals surface area contributed by atoms with Crippen molar-refractivity contribution >= 4 is 11.6 Å². The van der Waals surface area contributed by atoms with Crippen LogP contribution in [0.15, 0.2) is 48.5 Å². The van der Waals surface area contributed by atoms with E-state index in [1.165, 1.54) is 0 Å². The van der Waals surface area contributed by atoms with Crippen LogP contribution in [0.25, 0.3) is 0 Å². The summed E-state index contributed by atoms with van der Waals surface area (Å²) in [6.45, 7) is 8.99. The van der Waals surface area contributed by atoms with E-state index in [2.05, 4.69) is 30.9 Å². The molecule has 2 aromatic carbocycles. The average molecular weight is 446 g/mol. The second-order valence-electron chi connectivity index (χ2n) is 8.42. The molecule has 2 unspecified atom stereocenters. The molecular formula is C26H36ClNO3. The first-order valence-corrected chi connectivity index (χ1v) is 12.0. The van der Waals surface area contributed by atoms with Gasteiger partial charge in [0.2, 0.25) is 0 Å². The summed E-state index contributed by atoms with van der Waals surface area (Å²) in [7, 11) is 0. The molecule has 2 aromatic rings. The molecule has 1 aliphatic heterocycles. The maximum atomic E-state index is 12.3. The molecule has 31 heavy (non-hydrogen) atoms. The Bertz CT molecular complexity index is 774. The molecule has 1 heterocycles. The number of hydrogen-bond acceptors (Lipinski definition) is 4. The maximum Gasteiger partial charge on any atom is 0.119 e. The molecule has 170 valence electrons. The van der Waals surface area contributed by atoms with Gasteiger partial charge in [0.15, 0.2) is 0 Å². The normalized spacial score (nSPS) is 17.8. The number of nitrogens with zero attached hydrogens (tertiary/aromatic N) is 1. The van der Waals surface area contributed by atoms with Crippen molar-refractivity contribution in [2.75, 3.05) is 39.5 Å². The number of rotatable bonds is 11. The average Bonchev–Trinajstić information content (AvgIpc) is 2.81. The minimum atomic E-state index is -0.981. The monoisotopic (exact) mass is 445 g/mol. The molecule has 0 radical (unpaired) electrons. The quantitative estimate of drug-likeness (QED) is 0.487. The first-order chi connectivity index (χ1) is 15.1. The van der Waals surface area contributed by atoms with Crippen LogP contribution >= 0.6 is 11.6 Å². The third-order valence-electron chi connectivity index (χ3n) is 6.13. The van der Waals surface area contributed by atoms with Crippen LogP contribution in [-0.4, -0.2) is 49.5 Å². The highest BCUT2D eigenvalue weighted by molar-refractivity contribution is 6.30. The van der Waals surface area contributed by atoms with Gasteiger partial charge in [-0.15, -0.1) is 0 Å². The van der Waals surface area contributed by atoms with Gasteiger partial charge in [-0.3, -0.25) is 4.90 Å². The zero-order valence-corrected chi connectivity index (χ0v) is 19.6. The molecule has 0 bridgehead atoms. The zero-order valence-electron chi connectivity index (χ0n) is 18.9. The number of unbranched alkanes of at least 4 members (excludes halogenated alkanes) is 1. The fraction of sp³-hybridized carbons (Fsp3) is 0.538. The molecule has 1 saturated heterocycles. The summed E-state index contributed by atoms with van der Waals surface area (Å²) in [5.74, 6) is 0.775. The van der Waals surface area contributed by atoms with Gasteiger partial charge in [0.1, 0.15) is 5.75 Å². The van der Waals surface area contributed by atoms with Gasteiger partial charge in [-0.1, -0.05) is 62.6 Å². The molecule has 1 fully saturated rings. The minimum Gasteiger partial charge on any atom is -0.494 e. The van der Waals surface area contributed by atoms with E-state index in [0.717, 1.165) is 69.0 Å². The van der Waals surface area contributed by atoms with Gasteiger partial charge in [0.05, 0.1) is 25.4 Å². The van der Waals surface area contributed by atoms with Crippen LogP contribution in [0.2, 0.25) is 5.02 Å². The van der Waals surface area contributed by atoms with Crippen molar-refractivity contribution in [3.8, 4) is 5.75 Å². The van der Waals surface area contributed by atoms with Crippen molar-refractivity contribution in [2.24, 2.45) is 0 Å². The second kappa shape index (κ2) is 11.9. The molecular weight excluding hydrogens is 410 g/mol. The lowest BCUT2D eigenvalue weighted by molar-refractivity contribution is -0.0294. The SMILES string of the molecule is CCCCC(O)(c1ccc(OCCC)cc1)C(CN1CCOCC1)c1ccc(Cl)cc1. The van der Waals surface area contributed by atoms with Gasteiger partial charge < -0.3 is 14.6 Å². The van der Waals surface area contributed by atoms with E-state index >= 15 is 0 Å². The zero-order chi connectivity index (χ0) is 22.1. The van der Waals surface area contributed by atoms with Gasteiger partial charge in [-0.2, -0.15) is 0 Å². The molecule has 4 nitrogen and oxygen atoms in total. The van der Waals surface area contributed by atoms with Crippen molar-refractivity contribution in [1.82, 2.24) is 4.90 Å². The number of halogens is 1. The molecule has 1 aliphatic rings. The second-order valence-corrected chi connectivity index (χ2v) is 8.85. The topological polar surface area (TPSA) is 41.9 Å². The summed E-state index contributed by atoms with van der Waals surface area (Å²) in [5, 5.41) is 13.0. The Morgan fingerprint density at radius 1 is 1.03 bits per heavy atom. The van der Waals surface area contributed by atoms with Crippen LogP contribution in [0.1, 0.15) is 56.6 Å². The lowest BCUT2D eigenvalue weighted by Gasteiger charge is -2.41. The number of benzene rings is 2. The maximum absolute atomic E-state index is 12.3. The van der Waals surface area contributed by atoms with Crippen molar-refractivity contribution in [2.45, 2.75) is 51.0 Å². The lowest BCUT2D eigenvalue weighted by Crippen LogP contribution is -2.45. The van der Waals surface area contributed by atoms with Gasteiger partial charge in [0.25, 0.3) is 0 Å². The van der Waals surface area contributed by atoms with Crippen LogP contribution in [0, 0.1) is 0 Å². The molecule has 0 aromatic heterocycles. The van der Waals surface area contributed by atoms with Crippen molar-refractivity contribution in [3.63, 3.8) is 0 Å². The molecule has 0 saturated carbocycles. The number of aliphatic hydroxyl groups is 1. The summed E-state index contributed by atoms with van der Waals surface area (Å²) in [4.78, 5) is 2.40. The first-order valence-electron chi connectivity index (χ1n) is 11.6. The van der Waals surface area contributed by atoms with Gasteiger partial charge >= 0.3 is 0 Å². The predicted molar refractivity (Wildman–Crippen MR) is 127 cm³/mol. The van der Waals surface area contributed by atoms with E-state index in [1.807, 2.05) is 36.4 Å². The highest BCUT2D eigenvalue weighted by Gasteiger charge is 2.40. The van der Waals surface area contributed by atoms with E-state index in [9.17, 15) is 5.11 Å². The third-order valence-corrected chi connectivity index (χ3v) is 6.38. The summed E-state index contributed by atoms with van der Waals surface area (Å²) < 4.78 is 11.3. The van der Waals surface area contributed by atoms with Crippen LogP contribution in [0.5, 0.6) is 5.75 Å². The molecule has 1 N–H and O–H groups in total. The molecule has 3 rings (SSSR count). The van der Waals surface area contributed by atoms with Crippen molar-refractivity contribution in [1.29, 1.82) is 0 Å². The van der Waals surface area contributed by atoms with Crippen LogP contribution < -0.4 is 4.74 Å². The lowest BCUT2D eigenvalue weighted by atomic mass is 9.74. The van der Waals surface area contributed by atoms with Crippen LogP contribution in [0.3, 0.4) is 0 Å². The summed E-state index contributed by atoms with van der Waals surface area (Å²) in [6, 6.07) is 16.0. The standard InChI is InChI=1S/C26H36ClNO3/c1-3-5-14-26(29,22-8-12-24(13-9-22)31-17-4-2)25(20-28-15-18-30-19-16-28)21-6-10-23(27)11-7-21/h6-13,25,29H,3-5,14-20H2,1-2H3. The van der Waals surface area contributed by atoms with Gasteiger partial charge in [0, 0.05) is 30.6 Å². The number of ether oxygens (including phenoxy) is 2. The Balaban J connectivity index is 1.96. The van der Waals surface area contributed by atoms with E-state index in [1.54, 1.807) is 0 Å². The van der Waals surface area contributed by atoms with E-state index in [0.29, 0.717) is 18.1 Å². The van der Waals surface area contributed by atoms with E-state index in [-0.39, 0.29) is 5.92 Å².